The molecule has 0 aliphatic carbocycles. The van der Waals surface area contributed by atoms with E-state index in [1.165, 1.54) is 0 Å². The Morgan fingerprint density at radius 2 is 2.42 bits per heavy atom. The highest BCUT2D eigenvalue weighted by atomic mass is 79.9. The lowest BCUT2D eigenvalue weighted by molar-refractivity contribution is -0.116. The summed E-state index contributed by atoms with van der Waals surface area (Å²) in [5.74, 6) is -0.363. The molecule has 1 aliphatic rings. The Balaban J connectivity index is 2.81. The third-order valence-corrected chi connectivity index (χ3v) is 3.50. The fraction of sp³-hybridized carbons (Fsp3) is 0.571. The molecule has 2 N–H and O–H groups in total. The Labute approximate surface area is 84.5 Å². The van der Waals surface area contributed by atoms with Gasteiger partial charge in [0.1, 0.15) is 9.98 Å². The van der Waals surface area contributed by atoms with E-state index < -0.39 is 0 Å². The zero-order chi connectivity index (χ0) is 9.30. The molecule has 3 nitrogen and oxygen atoms in total. The molecular weight excluding hydrogens is 240 g/mol. The topological polar surface area (TPSA) is 46.3 Å². The summed E-state index contributed by atoms with van der Waals surface area (Å²) in [6, 6.07) is 0.281. The second-order valence-corrected chi connectivity index (χ2v) is 5.22. The number of hydrogen-bond acceptors (Lipinski definition) is 3. The van der Waals surface area contributed by atoms with E-state index in [-0.39, 0.29) is 16.2 Å². The quantitative estimate of drug-likeness (QED) is 0.596. The van der Waals surface area contributed by atoms with Crippen molar-refractivity contribution in [3.8, 4) is 0 Å². The molecular formula is C7H11BrN2OS. The average Bonchev–Trinajstić information content (AvgIpc) is 2.30. The number of rotatable bonds is 2. The molecule has 0 aromatic carbocycles. The molecule has 0 bridgehead atoms. The Morgan fingerprint density at radius 1 is 1.83 bits per heavy atom. The minimum atomic E-state index is -0.363. The van der Waals surface area contributed by atoms with Gasteiger partial charge in [-0.15, -0.1) is 0 Å². The van der Waals surface area contributed by atoms with E-state index >= 15 is 0 Å². The minimum Gasteiger partial charge on any atom is -0.364 e. The maximum Gasteiger partial charge on any atom is 0.265 e. The molecule has 1 heterocycles. The highest BCUT2D eigenvalue weighted by Crippen LogP contribution is 2.35. The Bertz CT molecular complexity index is 229. The maximum atomic E-state index is 10.9. The molecule has 0 spiro atoms. The van der Waals surface area contributed by atoms with Gasteiger partial charge >= 0.3 is 0 Å². The number of nitrogens with zero attached hydrogens (tertiary/aromatic N) is 1. The van der Waals surface area contributed by atoms with Gasteiger partial charge in [-0.25, -0.2) is 0 Å². The van der Waals surface area contributed by atoms with Gasteiger partial charge in [-0.2, -0.15) is 0 Å². The molecule has 12 heavy (non-hydrogen) atoms. The van der Waals surface area contributed by atoms with Gasteiger partial charge in [0, 0.05) is 11.4 Å². The van der Waals surface area contributed by atoms with E-state index in [0.717, 1.165) is 0 Å². The van der Waals surface area contributed by atoms with Gasteiger partial charge in [0.05, 0.1) is 0 Å². The van der Waals surface area contributed by atoms with E-state index in [0.29, 0.717) is 5.70 Å². The first-order valence-corrected chi connectivity index (χ1v) is 5.47. The highest BCUT2D eigenvalue weighted by molar-refractivity contribution is 9.11. The van der Waals surface area contributed by atoms with Crippen molar-refractivity contribution in [2.45, 2.75) is 24.2 Å². The predicted molar refractivity (Wildman–Crippen MR) is 54.6 cm³/mol. The number of carbonyl (C=O) groups excluding carboxylic acids is 1. The molecule has 68 valence electrons. The van der Waals surface area contributed by atoms with Crippen molar-refractivity contribution in [3.63, 3.8) is 0 Å². The number of nitrogens with two attached hydrogens (primary N) is 1. The van der Waals surface area contributed by atoms with E-state index in [1.807, 2.05) is 18.7 Å². The predicted octanol–water partition coefficient (Wildman–Crippen LogP) is 1.45. The number of amides is 1. The number of primary amides is 1. The van der Waals surface area contributed by atoms with Crippen LogP contribution in [0.15, 0.2) is 11.1 Å². The van der Waals surface area contributed by atoms with Crippen LogP contribution in [0.5, 0.6) is 0 Å². The third-order valence-electron chi connectivity index (χ3n) is 1.60. The first kappa shape index (κ1) is 9.92. The van der Waals surface area contributed by atoms with Crippen LogP contribution in [0.1, 0.15) is 13.8 Å². The summed E-state index contributed by atoms with van der Waals surface area (Å²) in [5.41, 5.74) is 5.80. The monoisotopic (exact) mass is 250 g/mol. The van der Waals surface area contributed by atoms with Crippen LogP contribution in [0.2, 0.25) is 0 Å². The van der Waals surface area contributed by atoms with E-state index in [4.69, 9.17) is 5.73 Å². The number of alkyl halides is 1. The number of carbonyl (C=O) groups is 1. The number of halogens is 1. The Kier molecular flexibility index (Phi) is 3.06. The van der Waals surface area contributed by atoms with Crippen LogP contribution >= 0.6 is 27.7 Å². The first-order valence-electron chi connectivity index (χ1n) is 3.62. The van der Waals surface area contributed by atoms with Crippen molar-refractivity contribution in [2.75, 3.05) is 0 Å². The zero-order valence-electron chi connectivity index (χ0n) is 6.95. The normalized spacial score (nSPS) is 23.2. The standard InChI is InChI=1S/C7H11BrN2OS/c1-4(2)10-5(6(9)11)3-12-7(10)8/h3-4,7H,1-2H3,(H2,9,11). The molecule has 0 aromatic heterocycles. The minimum absolute atomic E-state index is 0.139. The summed E-state index contributed by atoms with van der Waals surface area (Å²) >= 11 is 4.99. The third kappa shape index (κ3) is 1.77. The van der Waals surface area contributed by atoms with Crippen molar-refractivity contribution in [1.82, 2.24) is 4.90 Å². The van der Waals surface area contributed by atoms with Gasteiger partial charge in [0.25, 0.3) is 5.91 Å². The maximum absolute atomic E-state index is 10.9. The molecule has 0 aromatic rings. The largest absolute Gasteiger partial charge is 0.364 e. The van der Waals surface area contributed by atoms with Gasteiger partial charge < -0.3 is 10.6 Å². The van der Waals surface area contributed by atoms with Crippen LogP contribution in [0.25, 0.3) is 0 Å². The highest BCUT2D eigenvalue weighted by Gasteiger charge is 2.29. The molecule has 0 fully saturated rings. The van der Waals surface area contributed by atoms with Crippen LogP contribution in [0.4, 0.5) is 0 Å². The molecule has 1 atom stereocenters. The average molecular weight is 251 g/mol. The van der Waals surface area contributed by atoms with E-state index in [1.54, 1.807) is 17.2 Å². The van der Waals surface area contributed by atoms with Crippen LogP contribution < -0.4 is 5.73 Å². The fourth-order valence-electron chi connectivity index (χ4n) is 1.05. The number of thioether (sulfide) groups is 1. The summed E-state index contributed by atoms with van der Waals surface area (Å²) in [4.78, 5) is 12.9. The van der Waals surface area contributed by atoms with Gasteiger partial charge in [0.2, 0.25) is 0 Å². The molecule has 0 radical (unpaired) electrons. The van der Waals surface area contributed by atoms with Crippen LogP contribution in [0, 0.1) is 0 Å². The molecule has 5 heteroatoms. The van der Waals surface area contributed by atoms with Crippen LogP contribution in [-0.4, -0.2) is 21.1 Å². The molecule has 0 saturated carbocycles. The van der Waals surface area contributed by atoms with Crippen molar-refractivity contribution < 1.29 is 4.79 Å². The molecule has 0 saturated heterocycles. The van der Waals surface area contributed by atoms with Crippen LogP contribution in [0.3, 0.4) is 0 Å². The Morgan fingerprint density at radius 3 is 2.75 bits per heavy atom. The molecule has 1 aliphatic heterocycles. The summed E-state index contributed by atoms with van der Waals surface area (Å²) < 4.78 is 0.139. The Hall–Kier alpha value is -0.160. The van der Waals surface area contributed by atoms with Gasteiger partial charge in [-0.05, 0) is 13.8 Å². The lowest BCUT2D eigenvalue weighted by Crippen LogP contribution is -2.36. The van der Waals surface area contributed by atoms with Crippen molar-refractivity contribution in [3.05, 3.63) is 11.1 Å². The van der Waals surface area contributed by atoms with Gasteiger partial charge in [-0.1, -0.05) is 27.7 Å². The SMILES string of the molecule is CC(C)N1C(C(N)=O)=CSC1Br. The number of hydrogen-bond donors (Lipinski definition) is 1. The second kappa shape index (κ2) is 3.70. The fourth-order valence-corrected chi connectivity index (χ4v) is 3.04. The van der Waals surface area contributed by atoms with Gasteiger partial charge in [0.15, 0.2) is 0 Å². The van der Waals surface area contributed by atoms with Crippen molar-refractivity contribution in [1.29, 1.82) is 0 Å². The molecule has 1 rings (SSSR count). The molecule has 1 unspecified atom stereocenters. The zero-order valence-corrected chi connectivity index (χ0v) is 9.35. The van der Waals surface area contributed by atoms with Crippen molar-refractivity contribution in [2.24, 2.45) is 5.73 Å². The summed E-state index contributed by atoms with van der Waals surface area (Å²) in [7, 11) is 0. The summed E-state index contributed by atoms with van der Waals surface area (Å²) in [6.07, 6.45) is 0. The van der Waals surface area contributed by atoms with Crippen molar-refractivity contribution >= 4 is 33.6 Å². The summed E-state index contributed by atoms with van der Waals surface area (Å²) in [6.45, 7) is 4.05. The van der Waals surface area contributed by atoms with E-state index in [9.17, 15) is 4.79 Å². The lowest BCUT2D eigenvalue weighted by atomic mass is 10.3. The lowest BCUT2D eigenvalue weighted by Gasteiger charge is -2.27. The van der Waals surface area contributed by atoms with Gasteiger partial charge in [-0.3, -0.25) is 4.79 Å². The second-order valence-electron chi connectivity index (χ2n) is 2.80. The van der Waals surface area contributed by atoms with Crippen LogP contribution in [-0.2, 0) is 4.79 Å². The first-order chi connectivity index (χ1) is 5.54. The van der Waals surface area contributed by atoms with E-state index in [2.05, 4.69) is 15.9 Å². The molecule has 1 amide bonds. The smallest absolute Gasteiger partial charge is 0.265 e. The summed E-state index contributed by atoms with van der Waals surface area (Å²) in [5, 5.41) is 1.79.